The van der Waals surface area contributed by atoms with Gasteiger partial charge in [0.25, 0.3) is 6.33 Å². The summed E-state index contributed by atoms with van der Waals surface area (Å²) >= 11 is 0. The second kappa shape index (κ2) is 6.11. The smallest absolute Gasteiger partial charge is 0.275 e. The number of hydrogen-bond donors (Lipinski definition) is 1. The van der Waals surface area contributed by atoms with Crippen molar-refractivity contribution in [2.75, 3.05) is 0 Å². The topological polar surface area (TPSA) is 58.2 Å². The minimum absolute atomic E-state index is 0.0871. The van der Waals surface area contributed by atoms with Crippen LogP contribution in [0.25, 0.3) is 22.5 Å². The highest BCUT2D eigenvalue weighted by Crippen LogP contribution is 2.33. The van der Waals surface area contributed by atoms with Gasteiger partial charge in [-0.05, 0) is 24.6 Å². The van der Waals surface area contributed by atoms with E-state index in [1.165, 1.54) is 13.8 Å². The SMILES string of the molecule is CC(=O)c1c(-c2ccccc2)c(C(C)=O)n2c[n+](-c3ccccc3)[nH]c12. The lowest BCUT2D eigenvalue weighted by molar-refractivity contribution is -0.655. The molecule has 1 N–H and O–H groups in total. The molecule has 2 aromatic carbocycles. The molecule has 26 heavy (non-hydrogen) atoms. The third kappa shape index (κ3) is 2.45. The first-order valence-corrected chi connectivity index (χ1v) is 8.39. The standard InChI is InChI=1S/C21H17N3O2/c1-14(25)18-19(16-9-5-3-6-10-16)20(15(2)26)23-13-24(22-21(18)23)17-11-7-4-8-12-17/h3-13H,1-2H3/p+1. The lowest BCUT2D eigenvalue weighted by Crippen LogP contribution is -2.31. The van der Waals surface area contributed by atoms with Crippen LogP contribution in [0.2, 0.25) is 0 Å². The monoisotopic (exact) mass is 344 g/mol. The Balaban J connectivity index is 2.08. The predicted molar refractivity (Wildman–Crippen MR) is 98.7 cm³/mol. The summed E-state index contributed by atoms with van der Waals surface area (Å²) in [6.07, 6.45) is 1.81. The Labute approximate surface area is 150 Å². The molecule has 0 amide bonds. The molecule has 0 radical (unpaired) electrons. The molecule has 0 unspecified atom stereocenters. The minimum Gasteiger partial charge on any atom is -0.294 e. The van der Waals surface area contributed by atoms with Crippen molar-refractivity contribution in [3.8, 4) is 16.8 Å². The summed E-state index contributed by atoms with van der Waals surface area (Å²) < 4.78 is 3.58. The highest BCUT2D eigenvalue weighted by atomic mass is 16.1. The first-order chi connectivity index (χ1) is 12.6. The van der Waals surface area contributed by atoms with Crippen LogP contribution in [-0.2, 0) is 0 Å². The van der Waals surface area contributed by atoms with Gasteiger partial charge in [0, 0.05) is 12.5 Å². The number of rotatable bonds is 4. The van der Waals surface area contributed by atoms with Crippen LogP contribution >= 0.6 is 0 Å². The second-order valence-electron chi connectivity index (χ2n) is 6.23. The molecule has 0 saturated heterocycles. The van der Waals surface area contributed by atoms with E-state index >= 15 is 0 Å². The molecule has 0 saturated carbocycles. The van der Waals surface area contributed by atoms with E-state index < -0.39 is 0 Å². The fourth-order valence-corrected chi connectivity index (χ4v) is 3.37. The van der Waals surface area contributed by atoms with Gasteiger partial charge in [0.2, 0.25) is 5.65 Å². The van der Waals surface area contributed by atoms with Crippen LogP contribution in [0.3, 0.4) is 0 Å². The molecule has 5 nitrogen and oxygen atoms in total. The maximum atomic E-state index is 12.5. The van der Waals surface area contributed by atoms with Crippen LogP contribution in [0.4, 0.5) is 0 Å². The molecule has 4 rings (SSSR count). The number of benzene rings is 2. The van der Waals surface area contributed by atoms with E-state index in [0.717, 1.165) is 11.3 Å². The van der Waals surface area contributed by atoms with Gasteiger partial charge in [0.15, 0.2) is 22.9 Å². The van der Waals surface area contributed by atoms with Crippen molar-refractivity contribution >= 4 is 17.2 Å². The number of fused-ring (bicyclic) bond motifs is 1. The van der Waals surface area contributed by atoms with Crippen LogP contribution in [0.15, 0.2) is 67.0 Å². The van der Waals surface area contributed by atoms with Gasteiger partial charge in [0.05, 0.1) is 5.56 Å². The molecule has 2 heterocycles. The van der Waals surface area contributed by atoms with Crippen molar-refractivity contribution in [3.63, 3.8) is 0 Å². The van der Waals surface area contributed by atoms with Gasteiger partial charge < -0.3 is 0 Å². The van der Waals surface area contributed by atoms with E-state index in [9.17, 15) is 9.59 Å². The Hall–Kier alpha value is -3.47. The maximum absolute atomic E-state index is 12.5. The Morgan fingerprint density at radius 3 is 2.08 bits per heavy atom. The number of nitrogens with zero attached hydrogens (tertiary/aromatic N) is 2. The fraction of sp³-hybridized carbons (Fsp3) is 0.0952. The molecule has 5 heteroatoms. The van der Waals surface area contributed by atoms with E-state index in [0.29, 0.717) is 22.5 Å². The molecule has 0 fully saturated rings. The van der Waals surface area contributed by atoms with Crippen molar-refractivity contribution in [3.05, 3.63) is 78.2 Å². The fourth-order valence-electron chi connectivity index (χ4n) is 3.37. The highest BCUT2D eigenvalue weighted by Gasteiger charge is 2.31. The Kier molecular flexibility index (Phi) is 3.77. The quantitative estimate of drug-likeness (QED) is 0.454. The molecule has 2 aromatic heterocycles. The maximum Gasteiger partial charge on any atom is 0.275 e. The Morgan fingerprint density at radius 2 is 1.50 bits per heavy atom. The molecular formula is C21H18N3O2+. The van der Waals surface area contributed by atoms with Gasteiger partial charge in [-0.15, -0.1) is 4.68 Å². The number of aromatic nitrogens is 3. The highest BCUT2D eigenvalue weighted by molar-refractivity contribution is 6.13. The number of aromatic amines is 1. The first-order valence-electron chi connectivity index (χ1n) is 8.39. The molecule has 128 valence electrons. The molecule has 0 spiro atoms. The Morgan fingerprint density at radius 1 is 0.885 bits per heavy atom. The van der Waals surface area contributed by atoms with Crippen molar-refractivity contribution in [1.29, 1.82) is 0 Å². The zero-order valence-corrected chi connectivity index (χ0v) is 14.6. The first kappa shape index (κ1) is 16.0. The van der Waals surface area contributed by atoms with Crippen molar-refractivity contribution in [1.82, 2.24) is 9.50 Å². The molecule has 0 aliphatic rings. The zero-order valence-electron chi connectivity index (χ0n) is 14.6. The summed E-state index contributed by atoms with van der Waals surface area (Å²) in [6, 6.07) is 19.3. The number of carbonyl (C=O) groups excluding carboxylic acids is 2. The molecule has 0 aliphatic heterocycles. The van der Waals surface area contributed by atoms with E-state index in [-0.39, 0.29) is 11.6 Å². The van der Waals surface area contributed by atoms with Crippen LogP contribution in [0, 0.1) is 0 Å². The number of hydrogen-bond acceptors (Lipinski definition) is 2. The van der Waals surface area contributed by atoms with Gasteiger partial charge in [-0.25, -0.2) is 0 Å². The summed E-state index contributed by atoms with van der Waals surface area (Å²) in [5, 5.41) is 3.25. The predicted octanol–water partition coefficient (Wildman–Crippen LogP) is 3.62. The average molecular weight is 344 g/mol. The normalized spacial score (nSPS) is 11.0. The lowest BCUT2D eigenvalue weighted by atomic mass is 9.98. The number of ketones is 2. The van der Waals surface area contributed by atoms with Crippen molar-refractivity contribution in [2.45, 2.75) is 13.8 Å². The number of H-pyrrole nitrogens is 1. The molecule has 0 bridgehead atoms. The Bertz CT molecular complexity index is 1070. The largest absolute Gasteiger partial charge is 0.294 e. The van der Waals surface area contributed by atoms with Gasteiger partial charge in [-0.3, -0.25) is 9.59 Å². The molecule has 0 aliphatic carbocycles. The lowest BCUT2D eigenvalue weighted by Gasteiger charge is -2.02. The van der Waals surface area contributed by atoms with E-state index in [1.807, 2.05) is 65.3 Å². The summed E-state index contributed by atoms with van der Waals surface area (Å²) in [6.45, 7) is 3.05. The number of nitrogens with one attached hydrogen (secondary N) is 1. The molecule has 0 atom stereocenters. The van der Waals surface area contributed by atoms with E-state index in [2.05, 4.69) is 5.10 Å². The van der Waals surface area contributed by atoms with Crippen LogP contribution in [-0.4, -0.2) is 21.1 Å². The number of Topliss-reactive ketones (excluding diaryl/α,β-unsaturated/α-hetero) is 2. The van der Waals surface area contributed by atoms with Crippen LogP contribution in [0.5, 0.6) is 0 Å². The summed E-state index contributed by atoms with van der Waals surface area (Å²) in [7, 11) is 0. The third-order valence-electron chi connectivity index (χ3n) is 4.45. The summed E-state index contributed by atoms with van der Waals surface area (Å²) in [5.41, 5.74) is 4.09. The average Bonchev–Trinajstić information content (AvgIpc) is 3.19. The van der Waals surface area contributed by atoms with Gasteiger partial charge in [0.1, 0.15) is 0 Å². The van der Waals surface area contributed by atoms with E-state index in [4.69, 9.17) is 0 Å². The van der Waals surface area contributed by atoms with Crippen LogP contribution in [0.1, 0.15) is 34.7 Å². The van der Waals surface area contributed by atoms with Crippen LogP contribution < -0.4 is 4.68 Å². The summed E-state index contributed by atoms with van der Waals surface area (Å²) in [5.74, 6) is -0.179. The van der Waals surface area contributed by atoms with Crippen molar-refractivity contribution in [2.24, 2.45) is 0 Å². The third-order valence-corrected chi connectivity index (χ3v) is 4.45. The van der Waals surface area contributed by atoms with Gasteiger partial charge in [-0.1, -0.05) is 48.5 Å². The van der Waals surface area contributed by atoms with E-state index in [1.54, 1.807) is 10.7 Å². The number of carbonyl (C=O) groups is 2. The second-order valence-corrected chi connectivity index (χ2v) is 6.23. The molecule has 4 aromatic rings. The number of para-hydroxylation sites is 1. The zero-order chi connectivity index (χ0) is 18.3. The minimum atomic E-state index is -0.0921. The summed E-state index contributed by atoms with van der Waals surface area (Å²) in [4.78, 5) is 25.0. The van der Waals surface area contributed by atoms with Crippen molar-refractivity contribution < 1.29 is 14.3 Å². The molecular weight excluding hydrogens is 326 g/mol. The van der Waals surface area contributed by atoms with Gasteiger partial charge in [-0.2, -0.15) is 9.50 Å². The van der Waals surface area contributed by atoms with Gasteiger partial charge >= 0.3 is 0 Å².